The van der Waals surface area contributed by atoms with Gasteiger partial charge in [0, 0.05) is 5.56 Å². The molecule has 0 saturated carbocycles. The van der Waals surface area contributed by atoms with Crippen LogP contribution in [-0.4, -0.2) is 41.0 Å². The number of aromatic nitrogens is 2. The molecule has 0 aliphatic carbocycles. The summed E-state index contributed by atoms with van der Waals surface area (Å²) in [5.74, 6) is -1.37. The average molecular weight is 458 g/mol. The molecule has 8 nitrogen and oxygen atoms in total. The summed E-state index contributed by atoms with van der Waals surface area (Å²) in [7, 11) is 2.44. The molecule has 0 saturated heterocycles. The molecule has 0 aliphatic heterocycles. The SMILES string of the molecule is COC(=O)c1c(-c2ccc(O)c(OCc3ccccc3)c2)nn(-c2ccccc2)c1C(=O)OC. The second kappa shape index (κ2) is 9.91. The van der Waals surface area contributed by atoms with Gasteiger partial charge in [-0.25, -0.2) is 14.3 Å². The molecule has 0 unspecified atom stereocenters. The number of ether oxygens (including phenoxy) is 3. The van der Waals surface area contributed by atoms with Gasteiger partial charge in [0.1, 0.15) is 17.9 Å². The zero-order chi connectivity index (χ0) is 24.1. The number of carbonyl (C=O) groups is 2. The monoisotopic (exact) mass is 458 g/mol. The number of esters is 2. The number of para-hydroxylation sites is 1. The molecule has 0 spiro atoms. The molecule has 1 aromatic heterocycles. The Morgan fingerprint density at radius 2 is 1.53 bits per heavy atom. The highest BCUT2D eigenvalue weighted by molar-refractivity contribution is 6.06. The molecule has 1 heterocycles. The Kier molecular flexibility index (Phi) is 6.59. The summed E-state index contributed by atoms with van der Waals surface area (Å²) in [6.07, 6.45) is 0. The minimum absolute atomic E-state index is 0.0575. The van der Waals surface area contributed by atoms with Gasteiger partial charge in [0.2, 0.25) is 0 Å². The smallest absolute Gasteiger partial charge is 0.357 e. The lowest BCUT2D eigenvalue weighted by molar-refractivity contribution is 0.0549. The minimum atomic E-state index is -0.752. The molecule has 0 atom stereocenters. The first-order valence-electron chi connectivity index (χ1n) is 10.4. The Balaban J connectivity index is 1.84. The van der Waals surface area contributed by atoms with E-state index in [9.17, 15) is 14.7 Å². The molecular formula is C26H22N2O6. The lowest BCUT2D eigenvalue weighted by atomic mass is 10.0. The van der Waals surface area contributed by atoms with Crippen LogP contribution in [0.1, 0.15) is 26.4 Å². The van der Waals surface area contributed by atoms with Crippen LogP contribution in [-0.2, 0) is 16.1 Å². The number of nitrogens with zero attached hydrogens (tertiary/aromatic N) is 2. The second-order valence-corrected chi connectivity index (χ2v) is 7.26. The van der Waals surface area contributed by atoms with Gasteiger partial charge < -0.3 is 19.3 Å². The van der Waals surface area contributed by atoms with E-state index in [4.69, 9.17) is 14.2 Å². The largest absolute Gasteiger partial charge is 0.504 e. The summed E-state index contributed by atoms with van der Waals surface area (Å²) in [5, 5.41) is 14.9. The molecule has 0 aliphatic rings. The summed E-state index contributed by atoms with van der Waals surface area (Å²) >= 11 is 0. The van der Waals surface area contributed by atoms with Crippen molar-refractivity contribution in [1.82, 2.24) is 9.78 Å². The fraction of sp³-hybridized carbons (Fsp3) is 0.115. The van der Waals surface area contributed by atoms with Crippen LogP contribution in [0.5, 0.6) is 11.5 Å². The van der Waals surface area contributed by atoms with Gasteiger partial charge in [0.25, 0.3) is 0 Å². The Labute approximate surface area is 195 Å². The highest BCUT2D eigenvalue weighted by atomic mass is 16.5. The van der Waals surface area contributed by atoms with E-state index in [1.54, 1.807) is 36.4 Å². The Hall–Kier alpha value is -4.59. The molecule has 0 radical (unpaired) electrons. The highest BCUT2D eigenvalue weighted by Crippen LogP contribution is 2.35. The van der Waals surface area contributed by atoms with Crippen molar-refractivity contribution in [2.75, 3.05) is 14.2 Å². The first-order valence-corrected chi connectivity index (χ1v) is 10.4. The zero-order valence-corrected chi connectivity index (χ0v) is 18.6. The molecular weight excluding hydrogens is 436 g/mol. The van der Waals surface area contributed by atoms with Gasteiger partial charge in [-0.1, -0.05) is 48.5 Å². The molecule has 8 heteroatoms. The number of methoxy groups -OCH3 is 2. The lowest BCUT2D eigenvalue weighted by Crippen LogP contribution is -2.15. The van der Waals surface area contributed by atoms with Gasteiger partial charge in [-0.2, -0.15) is 5.10 Å². The van der Waals surface area contributed by atoms with Gasteiger partial charge in [-0.05, 0) is 35.9 Å². The molecule has 0 amide bonds. The number of hydrogen-bond acceptors (Lipinski definition) is 7. The minimum Gasteiger partial charge on any atom is -0.504 e. The van der Waals surface area contributed by atoms with Crippen LogP contribution in [0.25, 0.3) is 16.9 Å². The van der Waals surface area contributed by atoms with E-state index in [0.717, 1.165) is 5.56 Å². The van der Waals surface area contributed by atoms with Crippen molar-refractivity contribution in [2.45, 2.75) is 6.61 Å². The number of hydrogen-bond donors (Lipinski definition) is 1. The Bertz CT molecular complexity index is 1320. The molecule has 34 heavy (non-hydrogen) atoms. The molecule has 0 fully saturated rings. The quantitative estimate of drug-likeness (QED) is 0.410. The number of benzene rings is 3. The van der Waals surface area contributed by atoms with E-state index in [1.165, 1.54) is 25.0 Å². The summed E-state index contributed by atoms with van der Waals surface area (Å²) in [6, 6.07) is 22.9. The van der Waals surface area contributed by atoms with Crippen LogP contribution in [0.3, 0.4) is 0 Å². The fourth-order valence-corrected chi connectivity index (χ4v) is 3.47. The third-order valence-corrected chi connectivity index (χ3v) is 5.12. The van der Waals surface area contributed by atoms with E-state index < -0.39 is 11.9 Å². The first-order chi connectivity index (χ1) is 16.5. The first kappa shape index (κ1) is 22.6. The van der Waals surface area contributed by atoms with Crippen LogP contribution in [0.4, 0.5) is 0 Å². The number of rotatable bonds is 7. The zero-order valence-electron chi connectivity index (χ0n) is 18.6. The van der Waals surface area contributed by atoms with Crippen molar-refractivity contribution in [3.8, 4) is 28.4 Å². The predicted octanol–water partition coefficient (Wildman–Crippen LogP) is 4.40. The van der Waals surface area contributed by atoms with Crippen LogP contribution in [0.15, 0.2) is 78.9 Å². The maximum atomic E-state index is 12.8. The van der Waals surface area contributed by atoms with Gasteiger partial charge >= 0.3 is 11.9 Å². The van der Waals surface area contributed by atoms with Crippen LogP contribution in [0.2, 0.25) is 0 Å². The lowest BCUT2D eigenvalue weighted by Gasteiger charge is -2.10. The maximum Gasteiger partial charge on any atom is 0.357 e. The second-order valence-electron chi connectivity index (χ2n) is 7.26. The Morgan fingerprint density at radius 1 is 0.882 bits per heavy atom. The third kappa shape index (κ3) is 4.47. The van der Waals surface area contributed by atoms with Crippen LogP contribution < -0.4 is 4.74 Å². The van der Waals surface area contributed by atoms with Crippen LogP contribution >= 0.6 is 0 Å². The molecule has 1 N–H and O–H groups in total. The number of phenols is 1. The van der Waals surface area contributed by atoms with E-state index in [0.29, 0.717) is 11.3 Å². The standard InChI is InChI=1S/C26H22N2O6/c1-32-25(30)22-23(27-28(24(22)26(31)33-2)19-11-7-4-8-12-19)18-13-14-20(29)21(15-18)34-16-17-9-5-3-6-10-17/h3-15,29H,16H2,1-2H3. The van der Waals surface area contributed by atoms with Gasteiger partial charge in [0.15, 0.2) is 17.2 Å². The van der Waals surface area contributed by atoms with Gasteiger partial charge in [-0.15, -0.1) is 0 Å². The third-order valence-electron chi connectivity index (χ3n) is 5.12. The van der Waals surface area contributed by atoms with Gasteiger partial charge in [-0.3, -0.25) is 0 Å². The summed E-state index contributed by atoms with van der Waals surface area (Å²) in [5.41, 5.74) is 1.97. The van der Waals surface area contributed by atoms with Crippen molar-refractivity contribution in [1.29, 1.82) is 0 Å². The van der Waals surface area contributed by atoms with Crippen molar-refractivity contribution < 1.29 is 28.9 Å². The summed E-state index contributed by atoms with van der Waals surface area (Å²) < 4.78 is 17.1. The highest BCUT2D eigenvalue weighted by Gasteiger charge is 2.31. The van der Waals surface area contributed by atoms with Crippen molar-refractivity contribution in [2.24, 2.45) is 0 Å². The van der Waals surface area contributed by atoms with Crippen molar-refractivity contribution in [3.63, 3.8) is 0 Å². The molecule has 0 bridgehead atoms. The van der Waals surface area contributed by atoms with Crippen molar-refractivity contribution in [3.05, 3.63) is 95.7 Å². The van der Waals surface area contributed by atoms with Crippen LogP contribution in [0, 0.1) is 0 Å². The predicted molar refractivity (Wildman–Crippen MR) is 124 cm³/mol. The average Bonchev–Trinajstić information content (AvgIpc) is 3.29. The van der Waals surface area contributed by atoms with Gasteiger partial charge in [0.05, 0.1) is 19.9 Å². The van der Waals surface area contributed by atoms with E-state index >= 15 is 0 Å². The van der Waals surface area contributed by atoms with E-state index in [-0.39, 0.29) is 35.1 Å². The molecule has 172 valence electrons. The topological polar surface area (TPSA) is 99.9 Å². The normalized spacial score (nSPS) is 10.5. The van der Waals surface area contributed by atoms with Crippen molar-refractivity contribution >= 4 is 11.9 Å². The summed E-state index contributed by atoms with van der Waals surface area (Å²) in [4.78, 5) is 25.5. The Morgan fingerprint density at radius 3 is 2.18 bits per heavy atom. The number of carbonyl (C=O) groups excluding carboxylic acids is 2. The molecule has 4 aromatic rings. The molecule has 3 aromatic carbocycles. The maximum absolute atomic E-state index is 12.8. The van der Waals surface area contributed by atoms with E-state index in [1.807, 2.05) is 36.4 Å². The van der Waals surface area contributed by atoms with E-state index in [2.05, 4.69) is 5.10 Å². The fourth-order valence-electron chi connectivity index (χ4n) is 3.47. The number of aromatic hydroxyl groups is 1. The molecule has 4 rings (SSSR count). The number of phenolic OH excluding ortho intramolecular Hbond substituents is 1. The summed E-state index contributed by atoms with van der Waals surface area (Å²) in [6.45, 7) is 0.230.